The van der Waals surface area contributed by atoms with Crippen LogP contribution in [0.25, 0.3) is 0 Å². The number of rotatable bonds is 5. The van der Waals surface area contributed by atoms with Gasteiger partial charge in [-0.05, 0) is 30.7 Å². The predicted molar refractivity (Wildman–Crippen MR) is 76.8 cm³/mol. The zero-order valence-corrected chi connectivity index (χ0v) is 12.3. The van der Waals surface area contributed by atoms with Crippen molar-refractivity contribution in [3.8, 4) is 0 Å². The van der Waals surface area contributed by atoms with Crippen LogP contribution in [0.4, 0.5) is 0 Å². The first-order valence-corrected chi connectivity index (χ1v) is 7.35. The first kappa shape index (κ1) is 15.0. The summed E-state index contributed by atoms with van der Waals surface area (Å²) in [4.78, 5) is 25.2. The Morgan fingerprint density at radius 1 is 1.60 bits per heavy atom. The number of hydrogen-bond acceptors (Lipinski definition) is 4. The zero-order valence-electron chi connectivity index (χ0n) is 11.4. The van der Waals surface area contributed by atoms with E-state index in [-0.39, 0.29) is 17.7 Å². The number of aliphatic carboxylic acids is 1. The van der Waals surface area contributed by atoms with Crippen LogP contribution in [0.2, 0.25) is 0 Å². The van der Waals surface area contributed by atoms with Gasteiger partial charge in [0.2, 0.25) is 5.91 Å². The van der Waals surface area contributed by atoms with Crippen LogP contribution >= 0.6 is 12.6 Å². The van der Waals surface area contributed by atoms with Crippen molar-refractivity contribution < 1.29 is 19.1 Å². The lowest BCUT2D eigenvalue weighted by Gasteiger charge is -2.24. The highest BCUT2D eigenvalue weighted by atomic mass is 32.1. The molecule has 0 radical (unpaired) electrons. The molecule has 0 spiro atoms. The van der Waals surface area contributed by atoms with Crippen molar-refractivity contribution in [1.29, 1.82) is 0 Å². The molecule has 2 unspecified atom stereocenters. The molecule has 110 valence electrons. The number of likely N-dealkylation sites (tertiary alicyclic amines) is 1. The standard InChI is InChI=1S/C14H19NO4S/c1-9(4-6-20)13(16)15-8-10(7-11(15)14(17)18)12-3-2-5-19-12/h2-3,5,9-11,20H,4,6-8H2,1H3,(H,17,18)/t9?,10?,11-/m0/s1. The number of amides is 1. The molecule has 0 aromatic carbocycles. The summed E-state index contributed by atoms with van der Waals surface area (Å²) >= 11 is 4.12. The number of carboxylic acid groups (broad SMARTS) is 1. The largest absolute Gasteiger partial charge is 0.480 e. The normalized spacial score (nSPS) is 23.8. The lowest BCUT2D eigenvalue weighted by Crippen LogP contribution is -2.43. The second-order valence-electron chi connectivity index (χ2n) is 5.21. The topological polar surface area (TPSA) is 70.8 Å². The molecule has 1 aliphatic heterocycles. The first-order chi connectivity index (χ1) is 9.54. The Hall–Kier alpha value is -1.43. The number of hydrogen-bond donors (Lipinski definition) is 2. The molecule has 0 saturated carbocycles. The third kappa shape index (κ3) is 3.00. The van der Waals surface area contributed by atoms with Crippen molar-refractivity contribution in [2.45, 2.75) is 31.7 Å². The fourth-order valence-corrected chi connectivity index (χ4v) is 3.03. The summed E-state index contributed by atoms with van der Waals surface area (Å²) in [5.74, 6) is 0.0439. The number of carboxylic acids is 1. The van der Waals surface area contributed by atoms with Crippen molar-refractivity contribution >= 4 is 24.5 Å². The van der Waals surface area contributed by atoms with Gasteiger partial charge in [0.1, 0.15) is 11.8 Å². The molecule has 1 fully saturated rings. The number of carbonyl (C=O) groups is 2. The molecule has 6 heteroatoms. The summed E-state index contributed by atoms with van der Waals surface area (Å²) in [6.07, 6.45) is 2.62. The third-order valence-corrected chi connectivity index (χ3v) is 4.06. The predicted octanol–water partition coefficient (Wildman–Crippen LogP) is 2.00. The number of nitrogens with zero attached hydrogens (tertiary/aromatic N) is 1. The van der Waals surface area contributed by atoms with Gasteiger partial charge in [0.05, 0.1) is 6.26 Å². The van der Waals surface area contributed by atoms with Gasteiger partial charge in [0.25, 0.3) is 0 Å². The Balaban J connectivity index is 2.14. The molecule has 1 N–H and O–H groups in total. The van der Waals surface area contributed by atoms with E-state index in [0.717, 1.165) is 5.76 Å². The van der Waals surface area contributed by atoms with Crippen LogP contribution in [-0.4, -0.2) is 40.2 Å². The van der Waals surface area contributed by atoms with Crippen molar-refractivity contribution in [3.63, 3.8) is 0 Å². The van der Waals surface area contributed by atoms with E-state index < -0.39 is 12.0 Å². The molecule has 5 nitrogen and oxygen atoms in total. The quantitative estimate of drug-likeness (QED) is 0.816. The molecule has 1 aliphatic rings. The van der Waals surface area contributed by atoms with Gasteiger partial charge in [-0.1, -0.05) is 6.92 Å². The number of thiol groups is 1. The Labute approximate surface area is 123 Å². The Morgan fingerprint density at radius 2 is 2.35 bits per heavy atom. The highest BCUT2D eigenvalue weighted by molar-refractivity contribution is 7.80. The Morgan fingerprint density at radius 3 is 2.90 bits per heavy atom. The van der Waals surface area contributed by atoms with Gasteiger partial charge in [0.15, 0.2) is 0 Å². The molecule has 0 aliphatic carbocycles. The lowest BCUT2D eigenvalue weighted by molar-refractivity contribution is -0.149. The lowest BCUT2D eigenvalue weighted by atomic mass is 10.0. The second-order valence-corrected chi connectivity index (χ2v) is 5.65. The van der Waals surface area contributed by atoms with Crippen LogP contribution in [0.3, 0.4) is 0 Å². The van der Waals surface area contributed by atoms with Crippen LogP contribution in [0.1, 0.15) is 31.4 Å². The minimum absolute atomic E-state index is 0.0433. The van der Waals surface area contributed by atoms with E-state index in [2.05, 4.69) is 12.6 Å². The highest BCUT2D eigenvalue weighted by Crippen LogP contribution is 2.33. The van der Waals surface area contributed by atoms with Gasteiger partial charge in [-0.3, -0.25) is 4.79 Å². The number of furan rings is 1. The molecule has 20 heavy (non-hydrogen) atoms. The fraction of sp³-hybridized carbons (Fsp3) is 0.571. The minimum atomic E-state index is -0.953. The molecule has 0 bridgehead atoms. The first-order valence-electron chi connectivity index (χ1n) is 6.72. The van der Waals surface area contributed by atoms with Crippen molar-refractivity contribution in [2.24, 2.45) is 5.92 Å². The molecule has 1 saturated heterocycles. The van der Waals surface area contributed by atoms with E-state index in [9.17, 15) is 14.7 Å². The van der Waals surface area contributed by atoms with Gasteiger partial charge >= 0.3 is 5.97 Å². The van der Waals surface area contributed by atoms with Crippen molar-refractivity contribution in [1.82, 2.24) is 4.90 Å². The summed E-state index contributed by atoms with van der Waals surface area (Å²) < 4.78 is 5.34. The van der Waals surface area contributed by atoms with Gasteiger partial charge < -0.3 is 14.4 Å². The molecule has 2 heterocycles. The highest BCUT2D eigenvalue weighted by Gasteiger charge is 2.42. The van der Waals surface area contributed by atoms with E-state index in [1.165, 1.54) is 4.90 Å². The van der Waals surface area contributed by atoms with Gasteiger partial charge in [-0.2, -0.15) is 12.6 Å². The average molecular weight is 297 g/mol. The average Bonchev–Trinajstić information content (AvgIpc) is 3.06. The Kier molecular flexibility index (Phi) is 4.75. The summed E-state index contributed by atoms with van der Waals surface area (Å²) in [6.45, 7) is 2.22. The molecule has 1 aromatic rings. The fourth-order valence-electron chi connectivity index (χ4n) is 2.64. The van der Waals surface area contributed by atoms with E-state index >= 15 is 0 Å². The summed E-state index contributed by atoms with van der Waals surface area (Å²) in [7, 11) is 0. The summed E-state index contributed by atoms with van der Waals surface area (Å²) in [5.41, 5.74) is 0. The monoisotopic (exact) mass is 297 g/mol. The molecule has 1 amide bonds. The summed E-state index contributed by atoms with van der Waals surface area (Å²) in [6, 6.07) is 2.84. The molecule has 2 rings (SSSR count). The van der Waals surface area contributed by atoms with Gasteiger partial charge in [-0.25, -0.2) is 4.79 Å². The molecular formula is C14H19NO4S. The van der Waals surface area contributed by atoms with Crippen LogP contribution in [0.15, 0.2) is 22.8 Å². The second kappa shape index (κ2) is 6.35. The summed E-state index contributed by atoms with van der Waals surface area (Å²) in [5, 5.41) is 9.32. The van der Waals surface area contributed by atoms with E-state index in [4.69, 9.17) is 4.42 Å². The maximum Gasteiger partial charge on any atom is 0.326 e. The maximum absolute atomic E-state index is 12.4. The Bertz CT molecular complexity index is 474. The number of carbonyl (C=O) groups excluding carboxylic acids is 1. The van der Waals surface area contributed by atoms with E-state index in [1.807, 2.05) is 13.0 Å². The van der Waals surface area contributed by atoms with Crippen LogP contribution in [0, 0.1) is 5.92 Å². The zero-order chi connectivity index (χ0) is 14.7. The van der Waals surface area contributed by atoms with Crippen LogP contribution in [-0.2, 0) is 9.59 Å². The SMILES string of the molecule is CC(CCS)C(=O)N1CC(c2ccco2)C[C@H]1C(=O)O. The van der Waals surface area contributed by atoms with Gasteiger partial charge in [-0.15, -0.1) is 0 Å². The van der Waals surface area contributed by atoms with Crippen molar-refractivity contribution in [3.05, 3.63) is 24.2 Å². The van der Waals surface area contributed by atoms with E-state index in [1.54, 1.807) is 12.3 Å². The van der Waals surface area contributed by atoms with Crippen molar-refractivity contribution in [2.75, 3.05) is 12.3 Å². The maximum atomic E-state index is 12.4. The molecular weight excluding hydrogens is 278 g/mol. The molecule has 3 atom stereocenters. The smallest absolute Gasteiger partial charge is 0.326 e. The third-order valence-electron chi connectivity index (χ3n) is 3.80. The molecule has 1 aromatic heterocycles. The van der Waals surface area contributed by atoms with Crippen LogP contribution in [0.5, 0.6) is 0 Å². The minimum Gasteiger partial charge on any atom is -0.480 e. The van der Waals surface area contributed by atoms with Crippen LogP contribution < -0.4 is 0 Å². The van der Waals surface area contributed by atoms with Gasteiger partial charge in [0, 0.05) is 18.4 Å². The van der Waals surface area contributed by atoms with E-state index in [0.29, 0.717) is 25.1 Å².